The second-order valence-corrected chi connectivity index (χ2v) is 18.1. The molecule has 8 unspecified atom stereocenters. The summed E-state index contributed by atoms with van der Waals surface area (Å²) in [5, 5.41) is 64.8. The van der Waals surface area contributed by atoms with Gasteiger partial charge in [0.05, 0.1) is 25.4 Å². The fraction of sp³-hybridized carbons (Fsp3) is 0.902. The number of hydrogen-bond donors (Lipinski definition) is 7. The summed E-state index contributed by atoms with van der Waals surface area (Å²) in [4.78, 5) is 13.1. The third-order valence-electron chi connectivity index (χ3n) is 12.4. The molecule has 0 aromatic rings. The Hall–Kier alpha value is -1.37. The third-order valence-corrected chi connectivity index (χ3v) is 12.4. The first-order valence-corrected chi connectivity index (χ1v) is 25.7. The highest BCUT2D eigenvalue weighted by Gasteiger charge is 2.44. The number of ether oxygens (including phenoxy) is 2. The lowest BCUT2D eigenvalue weighted by atomic mass is 9.99. The molecule has 0 aromatic heterocycles. The molecule has 1 aliphatic heterocycles. The summed E-state index contributed by atoms with van der Waals surface area (Å²) < 4.78 is 11.1. The molecule has 61 heavy (non-hydrogen) atoms. The van der Waals surface area contributed by atoms with Crippen LogP contribution in [0.25, 0.3) is 0 Å². The van der Waals surface area contributed by atoms with Crippen LogP contribution in [0.15, 0.2) is 24.3 Å². The summed E-state index contributed by atoms with van der Waals surface area (Å²) >= 11 is 0. The predicted octanol–water partition coefficient (Wildman–Crippen LogP) is 10.4. The summed E-state index contributed by atoms with van der Waals surface area (Å²) in [7, 11) is 0. The molecular weight excluding hydrogens is 771 g/mol. The molecule has 0 aromatic carbocycles. The van der Waals surface area contributed by atoms with E-state index in [-0.39, 0.29) is 6.61 Å². The van der Waals surface area contributed by atoms with Crippen molar-refractivity contribution in [3.05, 3.63) is 24.3 Å². The van der Waals surface area contributed by atoms with Gasteiger partial charge in [-0.25, -0.2) is 0 Å². The first-order valence-electron chi connectivity index (χ1n) is 25.7. The highest BCUT2D eigenvalue weighted by Crippen LogP contribution is 2.23. The lowest BCUT2D eigenvalue weighted by molar-refractivity contribution is -0.302. The van der Waals surface area contributed by atoms with Gasteiger partial charge in [-0.05, 0) is 32.1 Å². The van der Waals surface area contributed by atoms with E-state index in [0.717, 1.165) is 32.1 Å². The zero-order valence-corrected chi connectivity index (χ0v) is 39.3. The van der Waals surface area contributed by atoms with Gasteiger partial charge in [0.1, 0.15) is 30.5 Å². The Labute approximate surface area is 373 Å². The minimum absolute atomic E-state index is 0.308. The first kappa shape index (κ1) is 57.6. The van der Waals surface area contributed by atoms with Gasteiger partial charge in [-0.15, -0.1) is 0 Å². The SMILES string of the molecule is CCCCCCCCCC/C=C/CC/C=C/C(O)C(COC1OC(CO)C(O)C(O)C1O)NC(=O)C(O)CCCCCCCCCCCCCCCCCCCCCCCC. The number of hydrogen-bond acceptors (Lipinski definition) is 9. The smallest absolute Gasteiger partial charge is 0.249 e. The predicted molar refractivity (Wildman–Crippen MR) is 250 cm³/mol. The minimum atomic E-state index is -1.61. The standard InChI is InChI=1S/C51H97NO9/c1-3-5-7-9-11-13-15-17-19-20-21-22-23-24-25-26-28-30-32-34-36-38-40-45(55)50(59)52-43(42-60-51-49(58)48(57)47(56)46(41-53)61-51)44(54)39-37-35-33-31-29-27-18-16-14-12-10-8-6-4-2/h29,31,37,39,43-49,51,53-58H,3-28,30,32-36,38,40-42H2,1-2H3,(H,52,59)/b31-29+,39-37+. The van der Waals surface area contributed by atoms with Crippen molar-refractivity contribution in [3.8, 4) is 0 Å². The number of aliphatic hydroxyl groups is 6. The topological polar surface area (TPSA) is 169 Å². The van der Waals surface area contributed by atoms with Gasteiger partial charge in [0.15, 0.2) is 6.29 Å². The number of carbonyl (C=O) groups excluding carboxylic acids is 1. The zero-order chi connectivity index (χ0) is 44.6. The molecule has 7 N–H and O–H groups in total. The van der Waals surface area contributed by atoms with Crippen LogP contribution in [0.2, 0.25) is 0 Å². The van der Waals surface area contributed by atoms with Crippen LogP contribution in [0.5, 0.6) is 0 Å². The Kier molecular flexibility index (Phi) is 39.1. The Morgan fingerprint density at radius 1 is 0.557 bits per heavy atom. The molecule has 1 saturated heterocycles. The number of carbonyl (C=O) groups is 1. The van der Waals surface area contributed by atoms with Gasteiger partial charge >= 0.3 is 0 Å². The summed E-state index contributed by atoms with van der Waals surface area (Å²) in [5.74, 6) is -0.623. The highest BCUT2D eigenvalue weighted by molar-refractivity contribution is 5.80. The average Bonchev–Trinajstić information content (AvgIpc) is 3.26. The molecule has 0 aliphatic carbocycles. The summed E-state index contributed by atoms with van der Waals surface area (Å²) in [5.41, 5.74) is 0. The number of aliphatic hydroxyl groups excluding tert-OH is 6. The van der Waals surface area contributed by atoms with E-state index in [1.807, 2.05) is 6.08 Å². The van der Waals surface area contributed by atoms with E-state index < -0.39 is 61.5 Å². The first-order chi connectivity index (χ1) is 29.8. The van der Waals surface area contributed by atoms with Crippen LogP contribution in [0.4, 0.5) is 0 Å². The molecule has 360 valence electrons. The summed E-state index contributed by atoms with van der Waals surface area (Å²) in [6.07, 6.45) is 39.9. The van der Waals surface area contributed by atoms with Crippen molar-refractivity contribution in [2.45, 2.75) is 281 Å². The second kappa shape index (κ2) is 41.3. The molecular formula is C51H97NO9. The van der Waals surface area contributed by atoms with Crippen molar-refractivity contribution in [2.24, 2.45) is 0 Å². The van der Waals surface area contributed by atoms with E-state index in [1.54, 1.807) is 6.08 Å². The maximum absolute atomic E-state index is 13.1. The van der Waals surface area contributed by atoms with Crippen molar-refractivity contribution in [2.75, 3.05) is 13.2 Å². The molecule has 8 atom stereocenters. The highest BCUT2D eigenvalue weighted by atomic mass is 16.7. The van der Waals surface area contributed by atoms with E-state index in [0.29, 0.717) is 19.3 Å². The van der Waals surface area contributed by atoms with Gasteiger partial charge in [0.25, 0.3) is 0 Å². The molecule has 0 saturated carbocycles. The zero-order valence-electron chi connectivity index (χ0n) is 39.3. The molecule has 1 aliphatic rings. The monoisotopic (exact) mass is 868 g/mol. The van der Waals surface area contributed by atoms with Crippen molar-refractivity contribution >= 4 is 5.91 Å². The maximum Gasteiger partial charge on any atom is 0.249 e. The van der Waals surface area contributed by atoms with Gasteiger partial charge in [-0.1, -0.05) is 224 Å². The molecule has 0 spiro atoms. The van der Waals surface area contributed by atoms with Gasteiger partial charge < -0.3 is 45.4 Å². The number of nitrogens with one attached hydrogen (secondary N) is 1. The summed E-state index contributed by atoms with van der Waals surface area (Å²) in [6, 6.07) is -0.993. The van der Waals surface area contributed by atoms with E-state index >= 15 is 0 Å². The van der Waals surface area contributed by atoms with Crippen molar-refractivity contribution in [3.63, 3.8) is 0 Å². The van der Waals surface area contributed by atoms with Crippen LogP contribution in [-0.2, 0) is 14.3 Å². The Balaban J connectivity index is 2.32. The molecule has 1 rings (SSSR count). The Bertz CT molecular complexity index is 1030. The Morgan fingerprint density at radius 3 is 1.43 bits per heavy atom. The van der Waals surface area contributed by atoms with Gasteiger partial charge in [0.2, 0.25) is 5.91 Å². The lowest BCUT2D eigenvalue weighted by Crippen LogP contribution is -2.60. The largest absolute Gasteiger partial charge is 0.394 e. The molecule has 0 radical (unpaired) electrons. The molecule has 1 amide bonds. The van der Waals surface area contributed by atoms with Crippen molar-refractivity contribution in [1.29, 1.82) is 0 Å². The summed E-state index contributed by atoms with van der Waals surface area (Å²) in [6.45, 7) is 3.60. The molecule has 1 fully saturated rings. The van der Waals surface area contributed by atoms with Gasteiger partial charge in [-0.2, -0.15) is 0 Å². The number of amides is 1. The van der Waals surface area contributed by atoms with Crippen LogP contribution < -0.4 is 5.32 Å². The second-order valence-electron chi connectivity index (χ2n) is 18.1. The van der Waals surface area contributed by atoms with Crippen LogP contribution in [0.3, 0.4) is 0 Å². The van der Waals surface area contributed by atoms with E-state index in [1.165, 1.54) is 167 Å². The van der Waals surface area contributed by atoms with Crippen molar-refractivity contribution < 1.29 is 44.9 Å². The fourth-order valence-electron chi connectivity index (χ4n) is 8.18. The van der Waals surface area contributed by atoms with Crippen LogP contribution >= 0.6 is 0 Å². The molecule has 1 heterocycles. The minimum Gasteiger partial charge on any atom is -0.394 e. The van der Waals surface area contributed by atoms with E-state index in [2.05, 4.69) is 31.3 Å². The Morgan fingerprint density at radius 2 is 0.967 bits per heavy atom. The normalized spacial score (nSPS) is 21.1. The number of rotatable bonds is 43. The molecule has 10 nitrogen and oxygen atoms in total. The molecule has 0 bridgehead atoms. The van der Waals surface area contributed by atoms with Crippen LogP contribution in [-0.4, -0.2) is 98.7 Å². The maximum atomic E-state index is 13.1. The lowest BCUT2D eigenvalue weighted by Gasteiger charge is -2.40. The van der Waals surface area contributed by atoms with Gasteiger partial charge in [0, 0.05) is 0 Å². The average molecular weight is 868 g/mol. The van der Waals surface area contributed by atoms with Crippen LogP contribution in [0, 0.1) is 0 Å². The van der Waals surface area contributed by atoms with Crippen LogP contribution in [0.1, 0.15) is 232 Å². The van der Waals surface area contributed by atoms with Crippen molar-refractivity contribution in [1.82, 2.24) is 5.32 Å². The van der Waals surface area contributed by atoms with E-state index in [9.17, 15) is 35.4 Å². The fourth-order valence-corrected chi connectivity index (χ4v) is 8.18. The van der Waals surface area contributed by atoms with Gasteiger partial charge in [-0.3, -0.25) is 4.79 Å². The number of unbranched alkanes of at least 4 members (excludes halogenated alkanes) is 30. The third kappa shape index (κ3) is 31.2. The number of allylic oxidation sites excluding steroid dienone is 3. The molecule has 10 heteroatoms. The quantitative estimate of drug-likeness (QED) is 0.0233. The van der Waals surface area contributed by atoms with E-state index in [4.69, 9.17) is 9.47 Å².